The maximum Gasteiger partial charge on any atom is 0.217 e. The van der Waals surface area contributed by atoms with Crippen LogP contribution in [0.15, 0.2) is 41.8 Å². The molecule has 8 heteroatoms. The molecule has 0 atom stereocenters. The van der Waals surface area contributed by atoms with Crippen molar-refractivity contribution in [1.29, 1.82) is 0 Å². The molecule has 0 aliphatic carbocycles. The van der Waals surface area contributed by atoms with Crippen molar-refractivity contribution in [1.82, 2.24) is 24.7 Å². The Labute approximate surface area is 156 Å². The van der Waals surface area contributed by atoms with Gasteiger partial charge < -0.3 is 4.74 Å². The molecule has 2 aromatic heterocycles. The molecule has 0 radical (unpaired) electrons. The van der Waals surface area contributed by atoms with Crippen molar-refractivity contribution >= 4 is 23.6 Å². The quantitative estimate of drug-likeness (QED) is 0.566. The first-order valence-electron chi connectivity index (χ1n) is 8.03. The van der Waals surface area contributed by atoms with Crippen molar-refractivity contribution in [3.8, 4) is 5.75 Å². The van der Waals surface area contributed by atoms with Crippen molar-refractivity contribution < 1.29 is 4.74 Å². The van der Waals surface area contributed by atoms with Gasteiger partial charge in [0.05, 0.1) is 13.2 Å². The highest BCUT2D eigenvalue weighted by atomic mass is 32.1. The summed E-state index contributed by atoms with van der Waals surface area (Å²) in [6.45, 7) is 4.68. The Kier molecular flexibility index (Phi) is 5.95. The summed E-state index contributed by atoms with van der Waals surface area (Å²) in [4.78, 5) is 3.32. The number of aryl methyl sites for hydroxylation is 1. The lowest BCUT2D eigenvalue weighted by Gasteiger charge is -2.16. The van der Waals surface area contributed by atoms with Crippen LogP contribution in [0.3, 0.4) is 0 Å². The van der Waals surface area contributed by atoms with E-state index in [9.17, 15) is 0 Å². The van der Waals surface area contributed by atoms with Crippen molar-refractivity contribution in [2.75, 3.05) is 20.2 Å². The third-order valence-corrected chi connectivity index (χ3v) is 4.97. The van der Waals surface area contributed by atoms with Crippen LogP contribution in [-0.4, -0.2) is 44.9 Å². The molecule has 0 N–H and O–H groups in total. The molecule has 0 saturated heterocycles. The van der Waals surface area contributed by atoms with Crippen LogP contribution in [0.2, 0.25) is 0 Å². The molecule has 1 aromatic carbocycles. The Bertz CT molecular complexity index is 856. The number of aromatic nitrogens is 4. The summed E-state index contributed by atoms with van der Waals surface area (Å²) >= 11 is 7.16. The maximum absolute atomic E-state index is 5.78. The van der Waals surface area contributed by atoms with E-state index in [1.165, 1.54) is 10.4 Å². The van der Waals surface area contributed by atoms with Crippen LogP contribution >= 0.6 is 23.6 Å². The van der Waals surface area contributed by atoms with E-state index in [2.05, 4.69) is 34.4 Å². The van der Waals surface area contributed by atoms with E-state index in [1.54, 1.807) is 20.7 Å². The first-order chi connectivity index (χ1) is 12.1. The zero-order chi connectivity index (χ0) is 17.6. The standard InChI is InChI=1S/C17H21N5OS2/c1-14-5-3-6-15(11-14)23-9-8-20(2)13-22-17(24)21(18-19-22)12-16-7-4-10-25-16/h3-7,10-11H,8-9,12-13H2,1-2H3. The molecular weight excluding hydrogens is 354 g/mol. The first kappa shape index (κ1) is 17.8. The molecule has 25 heavy (non-hydrogen) atoms. The van der Waals surface area contributed by atoms with Crippen molar-refractivity contribution in [3.05, 3.63) is 57.0 Å². The van der Waals surface area contributed by atoms with Gasteiger partial charge in [-0.15, -0.1) is 11.3 Å². The van der Waals surface area contributed by atoms with Crippen molar-refractivity contribution in [3.63, 3.8) is 0 Å². The fourth-order valence-corrected chi connectivity index (χ4v) is 3.25. The van der Waals surface area contributed by atoms with Gasteiger partial charge in [-0.25, -0.2) is 9.36 Å². The van der Waals surface area contributed by atoms with Crippen LogP contribution in [0, 0.1) is 11.7 Å². The number of nitrogens with zero attached hydrogens (tertiary/aromatic N) is 5. The Morgan fingerprint density at radius 1 is 1.20 bits per heavy atom. The summed E-state index contributed by atoms with van der Waals surface area (Å²) in [5.41, 5.74) is 1.19. The summed E-state index contributed by atoms with van der Waals surface area (Å²) < 4.78 is 9.89. The van der Waals surface area contributed by atoms with Gasteiger partial charge in [-0.2, -0.15) is 0 Å². The molecule has 3 rings (SSSR count). The Balaban J connectivity index is 1.50. The van der Waals surface area contributed by atoms with E-state index in [0.29, 0.717) is 24.6 Å². The lowest BCUT2D eigenvalue weighted by Crippen LogP contribution is -2.27. The normalized spacial score (nSPS) is 11.2. The highest BCUT2D eigenvalue weighted by Gasteiger charge is 2.07. The van der Waals surface area contributed by atoms with E-state index in [-0.39, 0.29) is 0 Å². The van der Waals surface area contributed by atoms with Gasteiger partial charge in [0, 0.05) is 11.4 Å². The summed E-state index contributed by atoms with van der Waals surface area (Å²) in [5, 5.41) is 10.4. The lowest BCUT2D eigenvalue weighted by atomic mass is 10.2. The summed E-state index contributed by atoms with van der Waals surface area (Å²) in [6.07, 6.45) is 0. The molecule has 0 spiro atoms. The topological polar surface area (TPSA) is 48.1 Å². The first-order valence-corrected chi connectivity index (χ1v) is 9.31. The molecule has 0 aliphatic rings. The third-order valence-electron chi connectivity index (χ3n) is 3.69. The van der Waals surface area contributed by atoms with Crippen LogP contribution in [0.4, 0.5) is 0 Å². The van der Waals surface area contributed by atoms with Gasteiger partial charge in [0.1, 0.15) is 12.4 Å². The smallest absolute Gasteiger partial charge is 0.217 e. The zero-order valence-electron chi connectivity index (χ0n) is 14.3. The molecule has 6 nitrogen and oxygen atoms in total. The van der Waals surface area contributed by atoms with Gasteiger partial charge in [0.25, 0.3) is 0 Å². The molecule has 0 saturated carbocycles. The van der Waals surface area contributed by atoms with Crippen LogP contribution in [0.1, 0.15) is 10.4 Å². The van der Waals surface area contributed by atoms with Crippen molar-refractivity contribution in [2.24, 2.45) is 0 Å². The van der Waals surface area contributed by atoms with Gasteiger partial charge in [-0.05, 0) is 65.8 Å². The molecule has 0 unspecified atom stereocenters. The molecule has 132 valence electrons. The van der Waals surface area contributed by atoms with Gasteiger partial charge in [0.15, 0.2) is 0 Å². The molecule has 0 amide bonds. The molecular formula is C17H21N5OS2. The number of tetrazole rings is 1. The number of hydrogen-bond acceptors (Lipinski definition) is 6. The van der Waals surface area contributed by atoms with Crippen LogP contribution in [-0.2, 0) is 13.2 Å². The number of likely N-dealkylation sites (N-methyl/N-ethyl adjacent to an activating group) is 1. The van der Waals surface area contributed by atoms with Gasteiger partial charge >= 0.3 is 0 Å². The fourth-order valence-electron chi connectivity index (χ4n) is 2.37. The highest BCUT2D eigenvalue weighted by molar-refractivity contribution is 7.71. The van der Waals surface area contributed by atoms with Crippen LogP contribution in [0.25, 0.3) is 0 Å². The number of thiophene rings is 1. The monoisotopic (exact) mass is 375 g/mol. The maximum atomic E-state index is 5.78. The van der Waals surface area contributed by atoms with E-state index < -0.39 is 0 Å². The van der Waals surface area contributed by atoms with E-state index in [4.69, 9.17) is 17.0 Å². The van der Waals surface area contributed by atoms with E-state index in [0.717, 1.165) is 12.3 Å². The fraction of sp³-hybridized carbons (Fsp3) is 0.353. The Morgan fingerprint density at radius 3 is 2.80 bits per heavy atom. The molecule has 3 aromatic rings. The minimum atomic E-state index is 0.584. The van der Waals surface area contributed by atoms with Crippen molar-refractivity contribution in [2.45, 2.75) is 20.1 Å². The van der Waals surface area contributed by atoms with Crippen LogP contribution in [0.5, 0.6) is 5.75 Å². The third kappa shape index (κ3) is 4.97. The largest absolute Gasteiger partial charge is 0.492 e. The minimum Gasteiger partial charge on any atom is -0.492 e. The second-order valence-corrected chi connectivity index (χ2v) is 7.28. The van der Waals surface area contributed by atoms with E-state index >= 15 is 0 Å². The minimum absolute atomic E-state index is 0.584. The molecule has 2 heterocycles. The zero-order valence-corrected chi connectivity index (χ0v) is 16.0. The summed E-state index contributed by atoms with van der Waals surface area (Å²) in [5.74, 6) is 0.895. The number of rotatable bonds is 8. The second kappa shape index (κ2) is 8.37. The van der Waals surface area contributed by atoms with Gasteiger partial charge in [-0.3, -0.25) is 4.90 Å². The summed E-state index contributed by atoms with van der Waals surface area (Å²) in [7, 11) is 2.01. The van der Waals surface area contributed by atoms with Gasteiger partial charge in [-0.1, -0.05) is 18.2 Å². The average Bonchev–Trinajstić information content (AvgIpc) is 3.20. The Morgan fingerprint density at radius 2 is 2.04 bits per heavy atom. The second-order valence-electron chi connectivity index (χ2n) is 5.88. The predicted octanol–water partition coefficient (Wildman–Crippen LogP) is 3.20. The molecule has 0 bridgehead atoms. The summed E-state index contributed by atoms with van der Waals surface area (Å²) in [6, 6.07) is 12.2. The SMILES string of the molecule is Cc1cccc(OCCN(C)Cn2nnn(Cc3cccs3)c2=S)c1. The van der Waals surface area contributed by atoms with Gasteiger partial charge in [0.2, 0.25) is 4.77 Å². The average molecular weight is 376 g/mol. The number of hydrogen-bond donors (Lipinski definition) is 0. The lowest BCUT2D eigenvalue weighted by molar-refractivity contribution is 0.196. The highest BCUT2D eigenvalue weighted by Crippen LogP contribution is 2.12. The van der Waals surface area contributed by atoms with E-state index in [1.807, 2.05) is 36.7 Å². The Hall–Kier alpha value is -2.03. The number of ether oxygens (including phenoxy) is 1. The van der Waals surface area contributed by atoms with Crippen LogP contribution < -0.4 is 4.74 Å². The molecule has 0 fully saturated rings. The molecule has 0 aliphatic heterocycles. The predicted molar refractivity (Wildman–Crippen MR) is 102 cm³/mol. The number of benzene rings is 1.